The van der Waals surface area contributed by atoms with Crippen molar-refractivity contribution in [1.29, 1.82) is 0 Å². The molecule has 2 aromatic rings. The number of ether oxygens (including phenoxy) is 1. The Balaban J connectivity index is 1.65. The highest BCUT2D eigenvalue weighted by Gasteiger charge is 2.27. The molecule has 1 aliphatic heterocycles. The molecule has 1 saturated heterocycles. The van der Waals surface area contributed by atoms with Gasteiger partial charge in [0.1, 0.15) is 6.10 Å². The highest BCUT2D eigenvalue weighted by atomic mass is 32.1. The van der Waals surface area contributed by atoms with Gasteiger partial charge >= 0.3 is 0 Å². The fraction of sp³-hybridized carbons (Fsp3) is 0.476. The van der Waals surface area contributed by atoms with Crippen molar-refractivity contribution in [2.75, 3.05) is 19.7 Å². The van der Waals surface area contributed by atoms with Crippen LogP contribution in [0.4, 0.5) is 0 Å². The first-order valence-electron chi connectivity index (χ1n) is 9.19. The van der Waals surface area contributed by atoms with E-state index >= 15 is 0 Å². The monoisotopic (exact) mass is 357 g/mol. The molecule has 134 valence electrons. The lowest BCUT2D eigenvalue weighted by Crippen LogP contribution is -2.45. The molecule has 4 heteroatoms. The van der Waals surface area contributed by atoms with Crippen molar-refractivity contribution in [2.45, 2.75) is 39.2 Å². The molecule has 1 aliphatic rings. The van der Waals surface area contributed by atoms with Gasteiger partial charge in [-0.2, -0.15) is 11.3 Å². The summed E-state index contributed by atoms with van der Waals surface area (Å²) in [4.78, 5) is 14.8. The van der Waals surface area contributed by atoms with Gasteiger partial charge in [0.15, 0.2) is 0 Å². The molecule has 0 saturated carbocycles. The Bertz CT molecular complexity index is 658. The molecule has 1 atom stereocenters. The number of benzene rings is 1. The normalized spacial score (nSPS) is 16.8. The van der Waals surface area contributed by atoms with Crippen LogP contribution < -0.4 is 0 Å². The van der Waals surface area contributed by atoms with Gasteiger partial charge in [0, 0.05) is 26.1 Å². The van der Waals surface area contributed by atoms with Gasteiger partial charge in [-0.05, 0) is 59.2 Å². The van der Waals surface area contributed by atoms with E-state index in [2.05, 4.69) is 48.0 Å². The van der Waals surface area contributed by atoms with E-state index in [0.29, 0.717) is 13.0 Å². The number of hydrogen-bond acceptors (Lipinski definition) is 3. The second-order valence-electron chi connectivity index (χ2n) is 6.86. The average Bonchev–Trinajstić information content (AvgIpc) is 3.17. The van der Waals surface area contributed by atoms with Crippen molar-refractivity contribution in [3.05, 3.63) is 46.7 Å². The molecule has 0 radical (unpaired) electrons. The van der Waals surface area contributed by atoms with Crippen LogP contribution in [0.25, 0.3) is 11.1 Å². The Morgan fingerprint density at radius 2 is 1.92 bits per heavy atom. The molecular weight excluding hydrogens is 330 g/mol. The number of rotatable bonds is 6. The maximum absolute atomic E-state index is 12.9. The van der Waals surface area contributed by atoms with E-state index in [1.54, 1.807) is 11.3 Å². The fourth-order valence-corrected chi connectivity index (χ4v) is 3.99. The number of carbonyl (C=O) groups is 1. The van der Waals surface area contributed by atoms with Crippen LogP contribution in [-0.2, 0) is 16.0 Å². The first-order chi connectivity index (χ1) is 12.2. The summed E-state index contributed by atoms with van der Waals surface area (Å²) in [6.07, 6.45) is 2.47. The third-order valence-corrected chi connectivity index (χ3v) is 5.65. The van der Waals surface area contributed by atoms with Gasteiger partial charge in [0.25, 0.3) is 5.91 Å². The Kier molecular flexibility index (Phi) is 6.27. The number of likely N-dealkylation sites (tertiary alicyclic amines) is 1. The summed E-state index contributed by atoms with van der Waals surface area (Å²) in [5.41, 5.74) is 3.61. The smallest absolute Gasteiger partial charge is 0.252 e. The van der Waals surface area contributed by atoms with E-state index in [4.69, 9.17) is 4.74 Å². The molecule has 25 heavy (non-hydrogen) atoms. The van der Waals surface area contributed by atoms with Crippen molar-refractivity contribution in [2.24, 2.45) is 5.92 Å². The van der Waals surface area contributed by atoms with E-state index in [1.165, 1.54) is 11.1 Å². The molecule has 1 aromatic heterocycles. The van der Waals surface area contributed by atoms with Crippen molar-refractivity contribution in [1.82, 2.24) is 4.90 Å². The summed E-state index contributed by atoms with van der Waals surface area (Å²) < 4.78 is 5.80. The molecule has 1 aromatic carbocycles. The van der Waals surface area contributed by atoms with Crippen molar-refractivity contribution in [3.63, 3.8) is 0 Å². The van der Waals surface area contributed by atoms with Crippen molar-refractivity contribution >= 4 is 17.2 Å². The first-order valence-corrected chi connectivity index (χ1v) is 10.1. The summed E-state index contributed by atoms with van der Waals surface area (Å²) in [5.74, 6) is 0.870. The molecule has 3 nitrogen and oxygen atoms in total. The quantitative estimate of drug-likeness (QED) is 0.755. The highest BCUT2D eigenvalue weighted by molar-refractivity contribution is 7.08. The van der Waals surface area contributed by atoms with Crippen LogP contribution in [0.1, 0.15) is 32.3 Å². The molecule has 0 bridgehead atoms. The van der Waals surface area contributed by atoms with Crippen molar-refractivity contribution in [3.8, 4) is 11.1 Å². The lowest BCUT2D eigenvalue weighted by molar-refractivity contribution is -0.144. The van der Waals surface area contributed by atoms with E-state index in [0.717, 1.165) is 37.4 Å². The van der Waals surface area contributed by atoms with Crippen LogP contribution >= 0.6 is 11.3 Å². The van der Waals surface area contributed by atoms with Gasteiger partial charge in [-0.3, -0.25) is 4.79 Å². The van der Waals surface area contributed by atoms with Crippen LogP contribution in [-0.4, -0.2) is 36.6 Å². The second kappa shape index (κ2) is 8.63. The Labute approximate surface area is 154 Å². The van der Waals surface area contributed by atoms with Crippen molar-refractivity contribution < 1.29 is 9.53 Å². The summed E-state index contributed by atoms with van der Waals surface area (Å²) in [5, 5.41) is 4.24. The van der Waals surface area contributed by atoms with Crippen LogP contribution in [0.3, 0.4) is 0 Å². The molecule has 0 aliphatic carbocycles. The zero-order valence-electron chi connectivity index (χ0n) is 15.1. The third-order valence-electron chi connectivity index (χ3n) is 4.97. The standard InChI is InChI=1S/C21H27NO2S/c1-3-24-20(21(23)22-11-8-16(2)9-12-22)14-17-4-6-18(7-5-17)19-10-13-25-15-19/h4-7,10,13,15-16,20H,3,8-9,11-12,14H2,1-2H3/t20-/m0/s1. The fourth-order valence-electron chi connectivity index (χ4n) is 3.33. The Hall–Kier alpha value is -1.65. The number of nitrogens with zero attached hydrogens (tertiary/aromatic N) is 1. The molecular formula is C21H27NO2S. The molecule has 0 N–H and O–H groups in total. The average molecular weight is 358 g/mol. The maximum Gasteiger partial charge on any atom is 0.252 e. The van der Waals surface area contributed by atoms with Gasteiger partial charge in [0.2, 0.25) is 0 Å². The van der Waals surface area contributed by atoms with E-state index in [1.807, 2.05) is 11.8 Å². The largest absolute Gasteiger partial charge is 0.368 e. The highest BCUT2D eigenvalue weighted by Crippen LogP contribution is 2.23. The van der Waals surface area contributed by atoms with Crippen LogP contribution in [0.15, 0.2) is 41.1 Å². The topological polar surface area (TPSA) is 29.5 Å². The second-order valence-corrected chi connectivity index (χ2v) is 7.64. The van der Waals surface area contributed by atoms with E-state index in [9.17, 15) is 4.79 Å². The molecule has 0 spiro atoms. The van der Waals surface area contributed by atoms with Crippen LogP contribution in [0, 0.1) is 5.92 Å². The number of thiophene rings is 1. The SMILES string of the molecule is CCO[C@@H](Cc1ccc(-c2ccsc2)cc1)C(=O)N1CCC(C)CC1. The van der Waals surface area contributed by atoms with E-state index in [-0.39, 0.29) is 12.0 Å². The van der Waals surface area contributed by atoms with Gasteiger partial charge < -0.3 is 9.64 Å². The Morgan fingerprint density at radius 3 is 2.52 bits per heavy atom. The van der Waals surface area contributed by atoms with Gasteiger partial charge in [-0.25, -0.2) is 0 Å². The predicted octanol–water partition coefficient (Wildman–Crippen LogP) is 4.62. The first kappa shape index (κ1) is 18.2. The summed E-state index contributed by atoms with van der Waals surface area (Å²) in [6.45, 7) is 6.50. The maximum atomic E-state index is 12.9. The molecule has 2 heterocycles. The lowest BCUT2D eigenvalue weighted by atomic mass is 9.98. The number of amides is 1. The zero-order chi connectivity index (χ0) is 17.6. The lowest BCUT2D eigenvalue weighted by Gasteiger charge is -2.33. The minimum atomic E-state index is -0.370. The zero-order valence-corrected chi connectivity index (χ0v) is 15.9. The third kappa shape index (κ3) is 4.71. The minimum Gasteiger partial charge on any atom is -0.368 e. The molecule has 3 rings (SSSR count). The summed E-state index contributed by atoms with van der Waals surface area (Å²) in [7, 11) is 0. The molecule has 1 amide bonds. The molecule has 0 unspecified atom stereocenters. The predicted molar refractivity (Wildman–Crippen MR) is 104 cm³/mol. The van der Waals surface area contributed by atoms with Crippen LogP contribution in [0.2, 0.25) is 0 Å². The summed E-state index contributed by atoms with van der Waals surface area (Å²) in [6, 6.07) is 10.6. The van der Waals surface area contributed by atoms with Gasteiger partial charge in [0.05, 0.1) is 0 Å². The Morgan fingerprint density at radius 1 is 1.20 bits per heavy atom. The molecule has 1 fully saturated rings. The minimum absolute atomic E-state index is 0.149. The van der Waals surface area contributed by atoms with Crippen LogP contribution in [0.5, 0.6) is 0 Å². The number of piperidine rings is 1. The number of hydrogen-bond donors (Lipinski definition) is 0. The number of carbonyl (C=O) groups excluding carboxylic acids is 1. The van der Waals surface area contributed by atoms with E-state index < -0.39 is 0 Å². The summed E-state index contributed by atoms with van der Waals surface area (Å²) >= 11 is 1.71. The van der Waals surface area contributed by atoms with Gasteiger partial charge in [-0.1, -0.05) is 31.2 Å². The van der Waals surface area contributed by atoms with Gasteiger partial charge in [-0.15, -0.1) is 0 Å².